The fourth-order valence-electron chi connectivity index (χ4n) is 2.50. The highest BCUT2D eigenvalue weighted by Gasteiger charge is 2.17. The standard InChI is InChI=1S/C16H19N3OS/c1-12-17-16(21-18-12)19-8-6-14(7-9-19)10-13-2-4-15(11-20)5-3-13/h2-5,10,20H,6-9,11H2,1H3. The Morgan fingerprint density at radius 3 is 2.52 bits per heavy atom. The summed E-state index contributed by atoms with van der Waals surface area (Å²) in [4.78, 5) is 6.77. The lowest BCUT2D eigenvalue weighted by Gasteiger charge is -2.27. The first-order valence-electron chi connectivity index (χ1n) is 7.19. The first kappa shape index (κ1) is 14.2. The summed E-state index contributed by atoms with van der Waals surface area (Å²) in [5.41, 5.74) is 3.64. The normalized spacial score (nSPS) is 15.3. The Labute approximate surface area is 128 Å². The van der Waals surface area contributed by atoms with Crippen molar-refractivity contribution in [1.82, 2.24) is 9.36 Å². The van der Waals surface area contributed by atoms with Gasteiger partial charge in [-0.1, -0.05) is 35.9 Å². The molecule has 0 amide bonds. The predicted octanol–water partition coefficient (Wildman–Crippen LogP) is 3.02. The molecule has 3 rings (SSSR count). The molecule has 0 atom stereocenters. The minimum atomic E-state index is 0.104. The van der Waals surface area contributed by atoms with Crippen LogP contribution in [-0.2, 0) is 6.61 Å². The Bertz CT molecular complexity index is 623. The first-order chi connectivity index (χ1) is 10.2. The number of aliphatic hydroxyl groups is 1. The maximum atomic E-state index is 9.06. The summed E-state index contributed by atoms with van der Waals surface area (Å²) in [5.74, 6) is 0.861. The van der Waals surface area contributed by atoms with Gasteiger partial charge in [-0.2, -0.15) is 4.37 Å². The molecule has 1 aromatic carbocycles. The third-order valence-corrected chi connectivity index (χ3v) is 4.59. The zero-order chi connectivity index (χ0) is 14.7. The number of nitrogens with zero attached hydrogens (tertiary/aromatic N) is 3. The Balaban J connectivity index is 1.63. The van der Waals surface area contributed by atoms with E-state index in [1.165, 1.54) is 22.7 Å². The van der Waals surface area contributed by atoms with Crippen LogP contribution in [0, 0.1) is 6.92 Å². The van der Waals surface area contributed by atoms with Crippen LogP contribution in [-0.4, -0.2) is 27.6 Å². The van der Waals surface area contributed by atoms with Crippen LogP contribution in [0.2, 0.25) is 0 Å². The third kappa shape index (κ3) is 3.49. The lowest BCUT2D eigenvalue weighted by molar-refractivity contribution is 0.282. The SMILES string of the molecule is Cc1nsc(N2CCC(=Cc3ccc(CO)cc3)CC2)n1. The summed E-state index contributed by atoms with van der Waals surface area (Å²) >= 11 is 1.49. The molecule has 5 heteroatoms. The van der Waals surface area contributed by atoms with Crippen molar-refractivity contribution in [3.63, 3.8) is 0 Å². The van der Waals surface area contributed by atoms with Crippen molar-refractivity contribution in [2.45, 2.75) is 26.4 Å². The van der Waals surface area contributed by atoms with Gasteiger partial charge in [-0.3, -0.25) is 0 Å². The maximum Gasteiger partial charge on any atom is 0.205 e. The van der Waals surface area contributed by atoms with Crippen molar-refractivity contribution in [2.24, 2.45) is 0 Å². The van der Waals surface area contributed by atoms with E-state index in [2.05, 4.69) is 32.5 Å². The van der Waals surface area contributed by atoms with Gasteiger partial charge in [0.05, 0.1) is 6.61 Å². The van der Waals surface area contributed by atoms with Crippen LogP contribution in [0.3, 0.4) is 0 Å². The topological polar surface area (TPSA) is 49.2 Å². The number of piperidine rings is 1. The van der Waals surface area contributed by atoms with Crippen LogP contribution < -0.4 is 4.90 Å². The lowest BCUT2D eigenvalue weighted by atomic mass is 10.0. The number of aryl methyl sites for hydroxylation is 1. The highest BCUT2D eigenvalue weighted by atomic mass is 32.1. The molecule has 0 unspecified atom stereocenters. The van der Waals surface area contributed by atoms with Gasteiger partial charge < -0.3 is 10.0 Å². The number of aliphatic hydroxyl groups excluding tert-OH is 1. The largest absolute Gasteiger partial charge is 0.392 e. The Hall–Kier alpha value is -1.72. The van der Waals surface area contributed by atoms with Gasteiger partial charge in [0, 0.05) is 24.6 Å². The molecule has 1 aromatic heterocycles. The second-order valence-corrected chi connectivity index (χ2v) is 6.04. The van der Waals surface area contributed by atoms with E-state index >= 15 is 0 Å². The van der Waals surface area contributed by atoms with Gasteiger partial charge in [0.2, 0.25) is 5.13 Å². The van der Waals surface area contributed by atoms with Crippen LogP contribution in [0.4, 0.5) is 5.13 Å². The van der Waals surface area contributed by atoms with Gasteiger partial charge in [0.25, 0.3) is 0 Å². The molecule has 1 aliphatic heterocycles. The first-order valence-corrected chi connectivity index (χ1v) is 7.96. The maximum absolute atomic E-state index is 9.06. The second kappa shape index (κ2) is 6.37. The molecular formula is C16H19N3OS. The molecule has 1 fully saturated rings. The molecular weight excluding hydrogens is 282 g/mol. The number of anilines is 1. The Kier molecular flexibility index (Phi) is 4.31. The van der Waals surface area contributed by atoms with Crippen molar-refractivity contribution in [3.05, 3.63) is 46.8 Å². The summed E-state index contributed by atoms with van der Waals surface area (Å²) < 4.78 is 4.25. The molecule has 2 heterocycles. The smallest absolute Gasteiger partial charge is 0.205 e. The van der Waals surface area contributed by atoms with E-state index in [1.54, 1.807) is 0 Å². The molecule has 2 aromatic rings. The quantitative estimate of drug-likeness (QED) is 0.946. The Morgan fingerprint density at radius 2 is 1.95 bits per heavy atom. The zero-order valence-corrected chi connectivity index (χ0v) is 12.9. The van der Waals surface area contributed by atoms with Gasteiger partial charge in [-0.15, -0.1) is 0 Å². The number of hydrogen-bond donors (Lipinski definition) is 1. The van der Waals surface area contributed by atoms with Crippen LogP contribution >= 0.6 is 11.5 Å². The van der Waals surface area contributed by atoms with E-state index in [9.17, 15) is 0 Å². The molecule has 0 spiro atoms. The van der Waals surface area contributed by atoms with Crippen molar-refractivity contribution >= 4 is 22.7 Å². The number of benzene rings is 1. The average Bonchev–Trinajstić information content (AvgIpc) is 2.95. The van der Waals surface area contributed by atoms with Crippen LogP contribution in [0.5, 0.6) is 0 Å². The molecule has 1 saturated heterocycles. The minimum Gasteiger partial charge on any atom is -0.392 e. The number of rotatable bonds is 3. The number of aromatic nitrogens is 2. The monoisotopic (exact) mass is 301 g/mol. The number of hydrogen-bond acceptors (Lipinski definition) is 5. The molecule has 1 N–H and O–H groups in total. The molecule has 1 aliphatic rings. The highest BCUT2D eigenvalue weighted by molar-refractivity contribution is 7.09. The van der Waals surface area contributed by atoms with Crippen LogP contribution in [0.1, 0.15) is 29.8 Å². The van der Waals surface area contributed by atoms with Gasteiger partial charge >= 0.3 is 0 Å². The zero-order valence-electron chi connectivity index (χ0n) is 12.1. The second-order valence-electron chi connectivity index (χ2n) is 5.31. The average molecular weight is 301 g/mol. The fourth-order valence-corrected chi connectivity index (χ4v) is 3.22. The van der Waals surface area contributed by atoms with Gasteiger partial charge in [-0.05, 0) is 30.9 Å². The summed E-state index contributed by atoms with van der Waals surface area (Å²) in [5, 5.41) is 10.1. The van der Waals surface area contributed by atoms with E-state index < -0.39 is 0 Å². The molecule has 110 valence electrons. The van der Waals surface area contributed by atoms with E-state index in [0.29, 0.717) is 0 Å². The summed E-state index contributed by atoms with van der Waals surface area (Å²) in [7, 11) is 0. The summed E-state index contributed by atoms with van der Waals surface area (Å²) in [6.07, 6.45) is 4.41. The van der Waals surface area contributed by atoms with Crippen molar-refractivity contribution in [1.29, 1.82) is 0 Å². The molecule has 0 radical (unpaired) electrons. The fraction of sp³-hybridized carbons (Fsp3) is 0.375. The summed E-state index contributed by atoms with van der Waals surface area (Å²) in [6, 6.07) is 8.09. The highest BCUT2D eigenvalue weighted by Crippen LogP contribution is 2.25. The van der Waals surface area contributed by atoms with Crippen molar-refractivity contribution in [2.75, 3.05) is 18.0 Å². The molecule has 0 bridgehead atoms. The van der Waals surface area contributed by atoms with Gasteiger partial charge in [0.1, 0.15) is 5.82 Å². The van der Waals surface area contributed by atoms with Crippen molar-refractivity contribution < 1.29 is 5.11 Å². The van der Waals surface area contributed by atoms with E-state index in [1.807, 2.05) is 19.1 Å². The molecule has 21 heavy (non-hydrogen) atoms. The van der Waals surface area contributed by atoms with E-state index in [0.717, 1.165) is 42.5 Å². The minimum absolute atomic E-state index is 0.104. The molecule has 0 saturated carbocycles. The predicted molar refractivity (Wildman–Crippen MR) is 86.4 cm³/mol. The molecule has 0 aliphatic carbocycles. The Morgan fingerprint density at radius 1 is 1.24 bits per heavy atom. The third-order valence-electron chi connectivity index (χ3n) is 3.73. The lowest BCUT2D eigenvalue weighted by Crippen LogP contribution is -2.30. The van der Waals surface area contributed by atoms with E-state index in [4.69, 9.17) is 5.11 Å². The van der Waals surface area contributed by atoms with Crippen LogP contribution in [0.25, 0.3) is 6.08 Å². The summed E-state index contributed by atoms with van der Waals surface area (Å²) in [6.45, 7) is 4.06. The van der Waals surface area contributed by atoms with Gasteiger partial charge in [0.15, 0.2) is 0 Å². The van der Waals surface area contributed by atoms with Crippen LogP contribution in [0.15, 0.2) is 29.8 Å². The molecule has 4 nitrogen and oxygen atoms in total. The van der Waals surface area contributed by atoms with Crippen molar-refractivity contribution in [3.8, 4) is 0 Å². The van der Waals surface area contributed by atoms with Gasteiger partial charge in [-0.25, -0.2) is 4.98 Å². The van der Waals surface area contributed by atoms with E-state index in [-0.39, 0.29) is 6.61 Å².